The highest BCUT2D eigenvalue weighted by Crippen LogP contribution is 2.05. The molecule has 17 heavy (non-hydrogen) atoms. The van der Waals surface area contributed by atoms with Crippen molar-refractivity contribution in [2.45, 2.75) is 26.8 Å². The average molecular weight is 231 g/mol. The molecule has 0 fully saturated rings. The molecule has 0 radical (unpaired) electrons. The number of nitrogens with zero attached hydrogens (tertiary/aromatic N) is 4. The maximum absolute atomic E-state index is 4.33. The molecule has 0 bridgehead atoms. The number of anilines is 1. The van der Waals surface area contributed by atoms with E-state index in [1.165, 1.54) is 0 Å². The van der Waals surface area contributed by atoms with Crippen LogP contribution in [0.25, 0.3) is 0 Å². The Balaban J connectivity index is 1.78. The quantitative estimate of drug-likeness (QED) is 0.797. The van der Waals surface area contributed by atoms with E-state index in [-0.39, 0.29) is 0 Å². The third kappa shape index (κ3) is 3.55. The van der Waals surface area contributed by atoms with E-state index in [1.807, 2.05) is 32.4 Å². The average Bonchev–Trinajstić information content (AvgIpc) is 2.76. The van der Waals surface area contributed by atoms with Crippen LogP contribution in [0, 0.1) is 13.8 Å². The van der Waals surface area contributed by atoms with Gasteiger partial charge >= 0.3 is 0 Å². The summed E-state index contributed by atoms with van der Waals surface area (Å²) in [4.78, 5) is 12.6. The molecule has 0 saturated heterocycles. The number of hydrogen-bond acceptors (Lipinski definition) is 4. The van der Waals surface area contributed by atoms with Crippen molar-refractivity contribution < 1.29 is 0 Å². The van der Waals surface area contributed by atoms with Gasteiger partial charge in [-0.1, -0.05) is 0 Å². The molecular weight excluding hydrogens is 214 g/mol. The lowest BCUT2D eigenvalue weighted by molar-refractivity contribution is 0.660. The van der Waals surface area contributed by atoms with E-state index in [1.54, 1.807) is 6.20 Å². The fraction of sp³-hybridized carbons (Fsp3) is 0.417. The number of nitrogens with one attached hydrogen (secondary N) is 1. The van der Waals surface area contributed by atoms with Crippen LogP contribution in [0.4, 0.5) is 5.82 Å². The van der Waals surface area contributed by atoms with E-state index in [0.717, 1.165) is 36.8 Å². The molecule has 2 aromatic rings. The van der Waals surface area contributed by atoms with Gasteiger partial charge in [0.05, 0.1) is 6.33 Å². The van der Waals surface area contributed by atoms with E-state index in [9.17, 15) is 0 Å². The summed E-state index contributed by atoms with van der Waals surface area (Å²) >= 11 is 0. The molecule has 5 nitrogen and oxygen atoms in total. The minimum absolute atomic E-state index is 0.808. The van der Waals surface area contributed by atoms with Crippen molar-refractivity contribution in [3.05, 3.63) is 36.3 Å². The van der Waals surface area contributed by atoms with Gasteiger partial charge in [0, 0.05) is 37.2 Å². The molecule has 0 amide bonds. The van der Waals surface area contributed by atoms with Crippen molar-refractivity contribution in [1.29, 1.82) is 0 Å². The Bertz CT molecular complexity index is 444. The monoisotopic (exact) mass is 231 g/mol. The summed E-state index contributed by atoms with van der Waals surface area (Å²) in [6.45, 7) is 5.75. The summed E-state index contributed by atoms with van der Waals surface area (Å²) < 4.78 is 2.07. The molecule has 0 aliphatic carbocycles. The Labute approximate surface area is 101 Å². The second-order valence-electron chi connectivity index (χ2n) is 4.02. The maximum Gasteiger partial charge on any atom is 0.129 e. The highest BCUT2D eigenvalue weighted by molar-refractivity contribution is 5.35. The molecule has 0 atom stereocenters. The maximum atomic E-state index is 4.33. The van der Waals surface area contributed by atoms with Gasteiger partial charge in [-0.2, -0.15) is 0 Å². The molecule has 5 heteroatoms. The second kappa shape index (κ2) is 5.43. The molecule has 0 aliphatic rings. The Morgan fingerprint density at radius 2 is 2.18 bits per heavy atom. The zero-order valence-corrected chi connectivity index (χ0v) is 10.2. The number of rotatable bonds is 5. The third-order valence-electron chi connectivity index (χ3n) is 2.42. The van der Waals surface area contributed by atoms with Crippen molar-refractivity contribution >= 4 is 5.82 Å². The molecule has 0 unspecified atom stereocenters. The molecule has 1 N–H and O–H groups in total. The van der Waals surface area contributed by atoms with Gasteiger partial charge in [-0.3, -0.25) is 0 Å². The van der Waals surface area contributed by atoms with Gasteiger partial charge in [0.2, 0.25) is 0 Å². The molecule has 90 valence electrons. The lowest BCUT2D eigenvalue weighted by atomic mass is 10.4. The van der Waals surface area contributed by atoms with E-state index >= 15 is 0 Å². The van der Waals surface area contributed by atoms with E-state index in [2.05, 4.69) is 24.8 Å². The van der Waals surface area contributed by atoms with Crippen molar-refractivity contribution in [3.8, 4) is 0 Å². The smallest absolute Gasteiger partial charge is 0.129 e. The fourth-order valence-corrected chi connectivity index (χ4v) is 1.70. The van der Waals surface area contributed by atoms with E-state index < -0.39 is 0 Å². The van der Waals surface area contributed by atoms with E-state index in [4.69, 9.17) is 0 Å². The predicted octanol–water partition coefficient (Wildman–Crippen LogP) is 1.79. The largest absolute Gasteiger partial charge is 0.370 e. The van der Waals surface area contributed by atoms with Gasteiger partial charge < -0.3 is 9.88 Å². The first-order valence-electron chi connectivity index (χ1n) is 5.76. The summed E-state index contributed by atoms with van der Waals surface area (Å²) in [5.41, 5.74) is 0.995. The number of aromatic nitrogens is 4. The SMILES string of the molecule is Cc1cc(NCCCn2ccnc2)nc(C)n1. The topological polar surface area (TPSA) is 55.6 Å². The third-order valence-corrected chi connectivity index (χ3v) is 2.42. The summed E-state index contributed by atoms with van der Waals surface area (Å²) in [6, 6.07) is 1.96. The molecule has 2 heterocycles. The van der Waals surface area contributed by atoms with Crippen LogP contribution >= 0.6 is 0 Å². The highest BCUT2D eigenvalue weighted by Gasteiger charge is 1.97. The fourth-order valence-electron chi connectivity index (χ4n) is 1.70. The molecule has 2 rings (SSSR count). The van der Waals surface area contributed by atoms with Crippen LogP contribution < -0.4 is 5.32 Å². The Hall–Kier alpha value is -1.91. The summed E-state index contributed by atoms with van der Waals surface area (Å²) in [6.07, 6.45) is 6.64. The van der Waals surface area contributed by atoms with E-state index in [0.29, 0.717) is 0 Å². The number of hydrogen-bond donors (Lipinski definition) is 1. The zero-order chi connectivity index (χ0) is 12.1. The molecular formula is C12H17N5. The van der Waals surface area contributed by atoms with Crippen LogP contribution in [-0.4, -0.2) is 26.1 Å². The molecule has 2 aromatic heterocycles. The van der Waals surface area contributed by atoms with Crippen molar-refractivity contribution in [2.75, 3.05) is 11.9 Å². The summed E-state index contributed by atoms with van der Waals surface area (Å²) in [7, 11) is 0. The van der Waals surface area contributed by atoms with Crippen LogP contribution in [0.2, 0.25) is 0 Å². The van der Waals surface area contributed by atoms with Crippen molar-refractivity contribution in [2.24, 2.45) is 0 Å². The Morgan fingerprint density at radius 1 is 1.29 bits per heavy atom. The lowest BCUT2D eigenvalue weighted by Gasteiger charge is -2.07. The van der Waals surface area contributed by atoms with Crippen LogP contribution in [0.15, 0.2) is 24.8 Å². The standard InChI is InChI=1S/C12H17N5/c1-10-8-12(16-11(2)15-10)14-4-3-6-17-7-5-13-9-17/h5,7-9H,3-4,6H2,1-2H3,(H,14,15,16). The zero-order valence-electron chi connectivity index (χ0n) is 10.2. The van der Waals surface area contributed by atoms with Gasteiger partial charge in [-0.15, -0.1) is 0 Å². The number of aryl methyl sites for hydroxylation is 3. The molecule has 0 saturated carbocycles. The van der Waals surface area contributed by atoms with Crippen LogP contribution in [0.1, 0.15) is 17.9 Å². The van der Waals surface area contributed by atoms with Gasteiger partial charge in [0.15, 0.2) is 0 Å². The summed E-state index contributed by atoms with van der Waals surface area (Å²) in [5, 5.41) is 3.30. The Kier molecular flexibility index (Phi) is 3.69. The van der Waals surface area contributed by atoms with Crippen LogP contribution in [0.5, 0.6) is 0 Å². The summed E-state index contributed by atoms with van der Waals surface area (Å²) in [5.74, 6) is 1.71. The number of imidazole rings is 1. The lowest BCUT2D eigenvalue weighted by Crippen LogP contribution is -2.08. The second-order valence-corrected chi connectivity index (χ2v) is 4.02. The first-order chi connectivity index (χ1) is 8.24. The highest BCUT2D eigenvalue weighted by atomic mass is 15.0. The normalized spacial score (nSPS) is 10.5. The first-order valence-corrected chi connectivity index (χ1v) is 5.76. The minimum Gasteiger partial charge on any atom is -0.370 e. The van der Waals surface area contributed by atoms with Gasteiger partial charge in [-0.25, -0.2) is 15.0 Å². The van der Waals surface area contributed by atoms with Gasteiger partial charge in [0.1, 0.15) is 11.6 Å². The van der Waals surface area contributed by atoms with Crippen molar-refractivity contribution in [1.82, 2.24) is 19.5 Å². The molecule has 0 aliphatic heterocycles. The van der Waals surface area contributed by atoms with Gasteiger partial charge in [-0.05, 0) is 20.3 Å². The molecule has 0 spiro atoms. The predicted molar refractivity (Wildman–Crippen MR) is 66.8 cm³/mol. The van der Waals surface area contributed by atoms with Crippen LogP contribution in [0.3, 0.4) is 0 Å². The first kappa shape index (κ1) is 11.6. The van der Waals surface area contributed by atoms with Crippen LogP contribution in [-0.2, 0) is 6.54 Å². The minimum atomic E-state index is 0.808. The Morgan fingerprint density at radius 3 is 2.88 bits per heavy atom. The van der Waals surface area contributed by atoms with Crippen molar-refractivity contribution in [3.63, 3.8) is 0 Å². The molecule has 0 aromatic carbocycles. The van der Waals surface area contributed by atoms with Gasteiger partial charge in [0.25, 0.3) is 0 Å².